The number of fused-ring (bicyclic) bond motifs is 3. The van der Waals surface area contributed by atoms with Crippen LogP contribution in [0.5, 0.6) is 0 Å². The van der Waals surface area contributed by atoms with E-state index < -0.39 is 0 Å². The van der Waals surface area contributed by atoms with Gasteiger partial charge in [-0.25, -0.2) is 0 Å². The Balaban J connectivity index is 1.53. The maximum absolute atomic E-state index is 14.3. The van der Waals surface area contributed by atoms with Crippen LogP contribution in [0.1, 0.15) is 75.2 Å². The zero-order valence-electron chi connectivity index (χ0n) is 21.7. The highest BCUT2D eigenvalue weighted by Gasteiger charge is 2.41. The molecule has 1 fully saturated rings. The number of benzene rings is 2. The summed E-state index contributed by atoms with van der Waals surface area (Å²) in [4.78, 5) is 31.7. The lowest BCUT2D eigenvalue weighted by Gasteiger charge is -2.40. The van der Waals surface area contributed by atoms with Crippen molar-refractivity contribution >= 4 is 17.5 Å². The van der Waals surface area contributed by atoms with Gasteiger partial charge in [0, 0.05) is 18.2 Å². The number of rotatable bonds is 9. The van der Waals surface area contributed by atoms with Crippen LogP contribution in [0, 0.1) is 12.8 Å². The number of para-hydroxylation sites is 2. The fourth-order valence-corrected chi connectivity index (χ4v) is 5.60. The maximum atomic E-state index is 14.3. The molecule has 0 saturated heterocycles. The summed E-state index contributed by atoms with van der Waals surface area (Å²) in [5, 5.41) is 0. The van der Waals surface area contributed by atoms with Gasteiger partial charge in [-0.3, -0.25) is 14.5 Å². The van der Waals surface area contributed by atoms with Crippen molar-refractivity contribution in [1.82, 2.24) is 9.47 Å². The Morgan fingerprint density at radius 3 is 2.47 bits per heavy atom. The highest BCUT2D eigenvalue weighted by Crippen LogP contribution is 2.43. The number of amides is 2. The Kier molecular flexibility index (Phi) is 6.99. The van der Waals surface area contributed by atoms with Crippen LogP contribution < -0.4 is 4.90 Å². The average Bonchev–Trinajstić information content (AvgIpc) is 3.61. The van der Waals surface area contributed by atoms with Crippen molar-refractivity contribution in [2.75, 3.05) is 11.4 Å². The van der Waals surface area contributed by atoms with Crippen LogP contribution in [-0.4, -0.2) is 33.9 Å². The van der Waals surface area contributed by atoms with Crippen molar-refractivity contribution in [2.45, 2.75) is 71.4 Å². The molecule has 5 rings (SSSR count). The standard InChI is InChI=1S/C31H37N3O2/c1-4-6-12-23(5-2)31(36)33(25-17-18-25)21-29(35)34-27-15-8-7-14-26(27)32-19-10-16-28(32)30(34)24-13-9-11-22(3)20-24/h7-11,13-16,19-20,23,25,30H,4-6,12,17-18,21H2,1-3H3. The third-order valence-corrected chi connectivity index (χ3v) is 7.67. The zero-order chi connectivity index (χ0) is 25.2. The molecule has 3 aromatic rings. The van der Waals surface area contributed by atoms with Crippen LogP contribution in [0.4, 0.5) is 5.69 Å². The minimum atomic E-state index is -0.250. The Morgan fingerprint density at radius 1 is 1.00 bits per heavy atom. The van der Waals surface area contributed by atoms with E-state index in [0.29, 0.717) is 0 Å². The number of aryl methyl sites for hydroxylation is 1. The van der Waals surface area contributed by atoms with Gasteiger partial charge in [-0.15, -0.1) is 0 Å². The number of hydrogen-bond acceptors (Lipinski definition) is 2. The highest BCUT2D eigenvalue weighted by molar-refractivity contribution is 6.00. The third kappa shape index (κ3) is 4.59. The van der Waals surface area contributed by atoms with E-state index in [1.54, 1.807) is 0 Å². The fraction of sp³-hybridized carbons (Fsp3) is 0.419. The molecule has 36 heavy (non-hydrogen) atoms. The van der Waals surface area contributed by atoms with Crippen molar-refractivity contribution in [3.05, 3.63) is 83.7 Å². The molecule has 1 aromatic heterocycles. The summed E-state index contributed by atoms with van der Waals surface area (Å²) >= 11 is 0. The van der Waals surface area contributed by atoms with Crippen LogP contribution in [0.2, 0.25) is 0 Å². The van der Waals surface area contributed by atoms with Gasteiger partial charge >= 0.3 is 0 Å². The molecule has 188 valence electrons. The molecule has 2 aliphatic rings. The molecule has 2 heterocycles. The van der Waals surface area contributed by atoms with Crippen LogP contribution in [-0.2, 0) is 9.59 Å². The smallest absolute Gasteiger partial charge is 0.247 e. The zero-order valence-corrected chi connectivity index (χ0v) is 21.7. The molecule has 2 atom stereocenters. The number of aromatic nitrogens is 1. The van der Waals surface area contributed by atoms with Crippen LogP contribution in [0.25, 0.3) is 5.69 Å². The minimum Gasteiger partial charge on any atom is -0.330 e. The molecule has 0 N–H and O–H groups in total. The van der Waals surface area contributed by atoms with Gasteiger partial charge in [-0.05, 0) is 62.4 Å². The predicted molar refractivity (Wildman–Crippen MR) is 144 cm³/mol. The summed E-state index contributed by atoms with van der Waals surface area (Å²) in [7, 11) is 0. The Morgan fingerprint density at radius 2 is 1.78 bits per heavy atom. The molecular formula is C31H37N3O2. The van der Waals surface area contributed by atoms with Gasteiger partial charge in [0.25, 0.3) is 0 Å². The summed E-state index contributed by atoms with van der Waals surface area (Å²) in [5.74, 6) is 0.131. The maximum Gasteiger partial charge on any atom is 0.247 e. The summed E-state index contributed by atoms with van der Waals surface area (Å²) in [5.41, 5.74) is 5.18. The molecule has 2 aromatic carbocycles. The lowest BCUT2D eigenvalue weighted by molar-refractivity contribution is -0.139. The fourth-order valence-electron chi connectivity index (χ4n) is 5.60. The summed E-state index contributed by atoms with van der Waals surface area (Å²) in [6.45, 7) is 6.46. The van der Waals surface area contributed by atoms with E-state index in [1.165, 1.54) is 0 Å². The van der Waals surface area contributed by atoms with E-state index in [1.807, 2.05) is 34.1 Å². The first kappa shape index (κ1) is 24.4. The van der Waals surface area contributed by atoms with E-state index in [0.717, 1.165) is 66.7 Å². The predicted octanol–water partition coefficient (Wildman–Crippen LogP) is 6.43. The SMILES string of the molecule is CCCCC(CC)C(=O)N(CC(=O)N1c2ccccc2-n2cccc2C1c1cccc(C)c1)C1CC1. The molecule has 0 radical (unpaired) electrons. The number of carbonyl (C=O) groups is 2. The lowest BCUT2D eigenvalue weighted by Crippen LogP contribution is -2.48. The van der Waals surface area contributed by atoms with Gasteiger partial charge in [0.05, 0.1) is 17.1 Å². The van der Waals surface area contributed by atoms with E-state index in [4.69, 9.17) is 0 Å². The van der Waals surface area contributed by atoms with E-state index in [9.17, 15) is 9.59 Å². The molecule has 5 nitrogen and oxygen atoms in total. The number of hydrogen-bond donors (Lipinski definition) is 0. The summed E-state index contributed by atoms with van der Waals surface area (Å²) in [6, 6.07) is 20.6. The average molecular weight is 484 g/mol. The number of nitrogens with zero attached hydrogens (tertiary/aromatic N) is 3. The van der Waals surface area contributed by atoms with Gasteiger partial charge < -0.3 is 9.47 Å². The highest BCUT2D eigenvalue weighted by atomic mass is 16.2. The molecule has 0 bridgehead atoms. The molecule has 5 heteroatoms. The van der Waals surface area contributed by atoms with Crippen LogP contribution in [0.15, 0.2) is 66.9 Å². The Hall–Kier alpha value is -3.34. The van der Waals surface area contributed by atoms with Crippen molar-refractivity contribution in [3.63, 3.8) is 0 Å². The Bertz CT molecular complexity index is 1240. The van der Waals surface area contributed by atoms with E-state index >= 15 is 0 Å². The molecular weight excluding hydrogens is 446 g/mol. The molecule has 0 spiro atoms. The second kappa shape index (κ2) is 10.3. The molecule has 1 aliphatic carbocycles. The molecule has 2 amide bonds. The first-order valence-electron chi connectivity index (χ1n) is 13.5. The largest absolute Gasteiger partial charge is 0.330 e. The van der Waals surface area contributed by atoms with Crippen molar-refractivity contribution < 1.29 is 9.59 Å². The molecule has 1 saturated carbocycles. The normalized spacial score (nSPS) is 17.3. The van der Waals surface area contributed by atoms with Gasteiger partial charge in [0.15, 0.2) is 0 Å². The second-order valence-corrected chi connectivity index (χ2v) is 10.3. The van der Waals surface area contributed by atoms with Crippen molar-refractivity contribution in [1.29, 1.82) is 0 Å². The molecule has 1 aliphatic heterocycles. The number of anilines is 1. The first-order chi connectivity index (χ1) is 17.5. The van der Waals surface area contributed by atoms with Crippen LogP contribution >= 0.6 is 0 Å². The van der Waals surface area contributed by atoms with Gasteiger partial charge in [-0.2, -0.15) is 0 Å². The van der Waals surface area contributed by atoms with Gasteiger partial charge in [0.2, 0.25) is 11.8 Å². The van der Waals surface area contributed by atoms with Gasteiger partial charge in [-0.1, -0.05) is 68.7 Å². The monoisotopic (exact) mass is 483 g/mol. The number of carbonyl (C=O) groups excluding carboxylic acids is 2. The van der Waals surface area contributed by atoms with Gasteiger partial charge in [0.1, 0.15) is 12.6 Å². The summed E-state index contributed by atoms with van der Waals surface area (Å²) in [6.07, 6.45) is 7.89. The Labute approximate surface area is 214 Å². The lowest BCUT2D eigenvalue weighted by atomic mass is 9.96. The minimum absolute atomic E-state index is 0.00297. The molecule has 2 unspecified atom stereocenters. The van der Waals surface area contributed by atoms with Crippen LogP contribution in [0.3, 0.4) is 0 Å². The van der Waals surface area contributed by atoms with E-state index in [-0.39, 0.29) is 36.4 Å². The van der Waals surface area contributed by atoms with E-state index in [2.05, 4.69) is 67.9 Å². The number of unbranched alkanes of at least 4 members (excludes halogenated alkanes) is 1. The summed E-state index contributed by atoms with van der Waals surface area (Å²) < 4.78 is 2.19. The van der Waals surface area contributed by atoms with Crippen molar-refractivity contribution in [3.8, 4) is 5.69 Å². The topological polar surface area (TPSA) is 45.6 Å². The third-order valence-electron chi connectivity index (χ3n) is 7.67. The van der Waals surface area contributed by atoms with Crippen molar-refractivity contribution in [2.24, 2.45) is 5.92 Å². The second-order valence-electron chi connectivity index (χ2n) is 10.3. The first-order valence-corrected chi connectivity index (χ1v) is 13.5. The quantitative estimate of drug-likeness (QED) is 0.352.